The van der Waals surface area contributed by atoms with Crippen molar-refractivity contribution in [2.24, 2.45) is 0 Å². The minimum Gasteiger partial charge on any atom is -0.380 e. The van der Waals surface area contributed by atoms with Crippen LogP contribution in [0.25, 0.3) is 0 Å². The molecule has 2 atom stereocenters. The number of benzene rings is 1. The van der Waals surface area contributed by atoms with E-state index in [1.165, 1.54) is 11.1 Å². The van der Waals surface area contributed by atoms with Crippen LogP contribution in [0, 0.1) is 13.8 Å². The summed E-state index contributed by atoms with van der Waals surface area (Å²) in [7, 11) is 4.19. The van der Waals surface area contributed by atoms with Gasteiger partial charge in [0.15, 0.2) is 0 Å². The van der Waals surface area contributed by atoms with E-state index in [4.69, 9.17) is 4.74 Å². The van der Waals surface area contributed by atoms with Gasteiger partial charge in [-0.1, -0.05) is 29.8 Å². The molecule has 1 amide bonds. The van der Waals surface area contributed by atoms with Gasteiger partial charge in [0.1, 0.15) is 5.69 Å². The highest BCUT2D eigenvalue weighted by molar-refractivity contribution is 5.93. The number of nitrogens with zero attached hydrogens (tertiary/aromatic N) is 4. The zero-order valence-electron chi connectivity index (χ0n) is 17.7. The molecule has 2 heterocycles. The van der Waals surface area contributed by atoms with Gasteiger partial charge in [-0.15, -0.1) is 0 Å². The molecule has 0 unspecified atom stereocenters. The van der Waals surface area contributed by atoms with E-state index in [9.17, 15) is 4.79 Å². The van der Waals surface area contributed by atoms with Crippen LogP contribution in [0.2, 0.25) is 0 Å². The Morgan fingerprint density at radius 3 is 2.57 bits per heavy atom. The molecular weight excluding hydrogens is 352 g/mol. The quantitative estimate of drug-likeness (QED) is 0.689. The molecule has 0 bridgehead atoms. The van der Waals surface area contributed by atoms with Crippen LogP contribution in [0.15, 0.2) is 30.3 Å². The van der Waals surface area contributed by atoms with Crippen molar-refractivity contribution in [1.29, 1.82) is 0 Å². The molecule has 1 aromatic carbocycles. The summed E-state index contributed by atoms with van der Waals surface area (Å²) in [5.41, 5.74) is 4.06. The van der Waals surface area contributed by atoms with Crippen molar-refractivity contribution in [3.8, 4) is 0 Å². The standard InChI is InChI=1S/C22H32N4O2/c1-6-28-12-11-26-20(13-17(3)23-26)22(27)25-14-19(21(15-25)24(4)5)18-9-7-16(2)8-10-18/h7-10,13,19,21H,6,11-12,14-15H2,1-5H3/t19-,21+/m0/s1. The molecule has 28 heavy (non-hydrogen) atoms. The summed E-state index contributed by atoms with van der Waals surface area (Å²) < 4.78 is 7.24. The van der Waals surface area contributed by atoms with Crippen molar-refractivity contribution in [2.45, 2.75) is 39.3 Å². The molecule has 1 aliphatic rings. The number of likely N-dealkylation sites (N-methyl/N-ethyl adjacent to an activating group) is 1. The zero-order valence-corrected chi connectivity index (χ0v) is 17.7. The monoisotopic (exact) mass is 384 g/mol. The van der Waals surface area contributed by atoms with Crippen LogP contribution < -0.4 is 0 Å². The van der Waals surface area contributed by atoms with E-state index in [0.29, 0.717) is 37.4 Å². The van der Waals surface area contributed by atoms with Gasteiger partial charge in [0.2, 0.25) is 0 Å². The average Bonchev–Trinajstić information content (AvgIpc) is 3.26. The number of carbonyl (C=O) groups is 1. The molecule has 1 fully saturated rings. The first-order chi connectivity index (χ1) is 13.4. The molecule has 0 spiro atoms. The van der Waals surface area contributed by atoms with Crippen molar-refractivity contribution in [1.82, 2.24) is 19.6 Å². The largest absolute Gasteiger partial charge is 0.380 e. The van der Waals surface area contributed by atoms with Crippen molar-refractivity contribution in [3.05, 3.63) is 52.8 Å². The zero-order chi connectivity index (χ0) is 20.3. The van der Waals surface area contributed by atoms with E-state index < -0.39 is 0 Å². The molecule has 2 aromatic rings. The number of likely N-dealkylation sites (tertiary alicyclic amines) is 1. The van der Waals surface area contributed by atoms with Crippen molar-refractivity contribution in [2.75, 3.05) is 40.4 Å². The lowest BCUT2D eigenvalue weighted by atomic mass is 9.93. The molecule has 1 aromatic heterocycles. The molecule has 1 aliphatic heterocycles. The second-order valence-corrected chi connectivity index (χ2v) is 7.85. The van der Waals surface area contributed by atoms with E-state index in [1.807, 2.05) is 24.8 Å². The smallest absolute Gasteiger partial charge is 0.272 e. The number of ether oxygens (including phenoxy) is 1. The van der Waals surface area contributed by atoms with Crippen molar-refractivity contribution in [3.63, 3.8) is 0 Å². The van der Waals surface area contributed by atoms with Gasteiger partial charge >= 0.3 is 0 Å². The summed E-state index contributed by atoms with van der Waals surface area (Å²) in [6.45, 7) is 9.26. The minimum absolute atomic E-state index is 0.0542. The number of amides is 1. The highest BCUT2D eigenvalue weighted by atomic mass is 16.5. The van der Waals surface area contributed by atoms with Gasteiger partial charge in [-0.25, -0.2) is 0 Å². The third-order valence-electron chi connectivity index (χ3n) is 5.52. The van der Waals surface area contributed by atoms with Gasteiger partial charge in [0, 0.05) is 31.7 Å². The molecule has 6 nitrogen and oxygen atoms in total. The maximum atomic E-state index is 13.3. The maximum Gasteiger partial charge on any atom is 0.272 e. The van der Waals surface area contributed by atoms with Gasteiger partial charge < -0.3 is 14.5 Å². The van der Waals surface area contributed by atoms with Crippen LogP contribution >= 0.6 is 0 Å². The molecule has 0 aliphatic carbocycles. The van der Waals surface area contributed by atoms with Crippen LogP contribution in [0.5, 0.6) is 0 Å². The number of hydrogen-bond donors (Lipinski definition) is 0. The highest BCUT2D eigenvalue weighted by Crippen LogP contribution is 2.31. The fourth-order valence-corrected chi connectivity index (χ4v) is 3.96. The van der Waals surface area contributed by atoms with Gasteiger partial charge in [0.25, 0.3) is 5.91 Å². The highest BCUT2D eigenvalue weighted by Gasteiger charge is 2.38. The Bertz CT molecular complexity index is 797. The average molecular weight is 385 g/mol. The number of hydrogen-bond acceptors (Lipinski definition) is 4. The van der Waals surface area contributed by atoms with E-state index in [0.717, 1.165) is 18.8 Å². The predicted molar refractivity (Wildman–Crippen MR) is 111 cm³/mol. The normalized spacial score (nSPS) is 19.6. The predicted octanol–water partition coefficient (Wildman–Crippen LogP) is 2.71. The molecule has 152 valence electrons. The SMILES string of the molecule is CCOCCn1nc(C)cc1C(=O)N1C[C@@H](N(C)C)[C@H](c2ccc(C)cc2)C1. The first-order valence-corrected chi connectivity index (χ1v) is 10.0. The lowest BCUT2D eigenvalue weighted by Crippen LogP contribution is -2.36. The topological polar surface area (TPSA) is 50.6 Å². The number of rotatable bonds is 7. The van der Waals surface area contributed by atoms with Crippen LogP contribution in [-0.2, 0) is 11.3 Å². The lowest BCUT2D eigenvalue weighted by molar-refractivity contribution is 0.0764. The number of aromatic nitrogens is 2. The van der Waals surface area contributed by atoms with E-state index >= 15 is 0 Å². The van der Waals surface area contributed by atoms with E-state index in [1.54, 1.807) is 4.68 Å². The Morgan fingerprint density at radius 2 is 1.93 bits per heavy atom. The number of aryl methyl sites for hydroxylation is 2. The van der Waals surface area contributed by atoms with Crippen LogP contribution in [0.1, 0.15) is 40.2 Å². The summed E-state index contributed by atoms with van der Waals surface area (Å²) in [4.78, 5) is 17.5. The molecule has 1 saturated heterocycles. The van der Waals surface area contributed by atoms with E-state index in [2.05, 4.69) is 55.3 Å². The van der Waals surface area contributed by atoms with Crippen LogP contribution in [0.4, 0.5) is 0 Å². The summed E-state index contributed by atoms with van der Waals surface area (Å²) in [6, 6.07) is 10.9. The van der Waals surface area contributed by atoms with Gasteiger partial charge in [0.05, 0.1) is 18.8 Å². The molecule has 6 heteroatoms. The fourth-order valence-electron chi connectivity index (χ4n) is 3.96. The van der Waals surface area contributed by atoms with Gasteiger partial charge in [-0.2, -0.15) is 5.10 Å². The Labute approximate surface area is 168 Å². The fraction of sp³-hybridized carbons (Fsp3) is 0.545. The lowest BCUT2D eigenvalue weighted by Gasteiger charge is -2.25. The third-order valence-corrected chi connectivity index (χ3v) is 5.52. The van der Waals surface area contributed by atoms with Gasteiger partial charge in [-0.05, 0) is 46.5 Å². The van der Waals surface area contributed by atoms with Crippen molar-refractivity contribution >= 4 is 5.91 Å². The van der Waals surface area contributed by atoms with Crippen LogP contribution in [-0.4, -0.2) is 71.9 Å². The number of carbonyl (C=O) groups excluding carboxylic acids is 1. The molecule has 0 N–H and O–H groups in total. The Morgan fingerprint density at radius 1 is 1.21 bits per heavy atom. The molecule has 0 saturated carbocycles. The summed E-state index contributed by atoms with van der Waals surface area (Å²) in [6.07, 6.45) is 0. The second kappa shape index (κ2) is 8.88. The summed E-state index contributed by atoms with van der Waals surface area (Å²) in [5.74, 6) is 0.360. The van der Waals surface area contributed by atoms with Gasteiger partial charge in [-0.3, -0.25) is 9.48 Å². The van der Waals surface area contributed by atoms with E-state index in [-0.39, 0.29) is 5.91 Å². The molecule has 3 rings (SSSR count). The first kappa shape index (κ1) is 20.6. The molecular formula is C22H32N4O2. The van der Waals surface area contributed by atoms with Crippen LogP contribution in [0.3, 0.4) is 0 Å². The second-order valence-electron chi connectivity index (χ2n) is 7.85. The Balaban J connectivity index is 1.80. The van der Waals surface area contributed by atoms with Crippen molar-refractivity contribution < 1.29 is 9.53 Å². The Hall–Kier alpha value is -2.18. The Kier molecular flexibility index (Phi) is 6.52. The summed E-state index contributed by atoms with van der Waals surface area (Å²) >= 11 is 0. The maximum absolute atomic E-state index is 13.3. The minimum atomic E-state index is 0.0542. The first-order valence-electron chi connectivity index (χ1n) is 10.0. The molecule has 0 radical (unpaired) electrons. The third kappa shape index (κ3) is 4.45. The summed E-state index contributed by atoms with van der Waals surface area (Å²) in [5, 5.41) is 4.49.